The van der Waals surface area contributed by atoms with Gasteiger partial charge < -0.3 is 10.2 Å². The number of nitrogens with zero attached hydrogens (tertiary/aromatic N) is 1. The molecular weight excluding hydrogens is 423 g/mol. The number of hydrogen-bond donors (Lipinski definition) is 1. The van der Waals surface area contributed by atoms with Crippen LogP contribution in [0.25, 0.3) is 0 Å². The quantitative estimate of drug-likeness (QED) is 0.571. The van der Waals surface area contributed by atoms with Crippen molar-refractivity contribution in [3.8, 4) is 0 Å². The lowest BCUT2D eigenvalue weighted by atomic mass is 10.0. The van der Waals surface area contributed by atoms with Crippen LogP contribution in [0.4, 0.5) is 10.1 Å². The summed E-state index contributed by atoms with van der Waals surface area (Å²) < 4.78 is 13.1. The molecule has 0 fully saturated rings. The second-order valence-electron chi connectivity index (χ2n) is 8.05. The Bertz CT molecular complexity index is 1120. The van der Waals surface area contributed by atoms with E-state index in [-0.39, 0.29) is 17.6 Å². The third-order valence-corrected chi connectivity index (χ3v) is 7.09. The second-order valence-corrected chi connectivity index (χ2v) is 9.23. The van der Waals surface area contributed by atoms with Crippen molar-refractivity contribution in [3.63, 3.8) is 0 Å². The molecule has 3 aromatic rings. The van der Waals surface area contributed by atoms with E-state index in [1.54, 1.807) is 24.0 Å². The Balaban J connectivity index is 1.51. The molecule has 0 bridgehead atoms. The van der Waals surface area contributed by atoms with Crippen molar-refractivity contribution in [2.45, 2.75) is 37.1 Å². The zero-order valence-electron chi connectivity index (χ0n) is 18.0. The average Bonchev–Trinajstić information content (AvgIpc) is 2.81. The first-order chi connectivity index (χ1) is 15.4. The van der Waals surface area contributed by atoms with Gasteiger partial charge in [-0.2, -0.15) is 0 Å². The monoisotopic (exact) mass is 448 g/mol. The molecule has 0 aromatic heterocycles. The van der Waals surface area contributed by atoms with Crippen LogP contribution >= 0.6 is 11.8 Å². The van der Waals surface area contributed by atoms with Gasteiger partial charge in [-0.3, -0.25) is 9.59 Å². The fourth-order valence-corrected chi connectivity index (χ4v) is 4.97. The van der Waals surface area contributed by atoms with Gasteiger partial charge in [-0.05, 0) is 42.3 Å². The van der Waals surface area contributed by atoms with Gasteiger partial charge in [0.15, 0.2) is 0 Å². The Kier molecular flexibility index (Phi) is 6.61. The summed E-state index contributed by atoms with van der Waals surface area (Å²) in [4.78, 5) is 29.1. The number of thioether (sulfide) groups is 1. The van der Waals surface area contributed by atoms with Crippen molar-refractivity contribution in [1.29, 1.82) is 0 Å². The fourth-order valence-electron chi connectivity index (χ4n) is 3.68. The van der Waals surface area contributed by atoms with Crippen LogP contribution in [0.2, 0.25) is 0 Å². The maximum atomic E-state index is 13.5. The smallest absolute Gasteiger partial charge is 0.241 e. The Morgan fingerprint density at radius 3 is 2.41 bits per heavy atom. The van der Waals surface area contributed by atoms with E-state index in [1.807, 2.05) is 55.5 Å². The maximum absolute atomic E-state index is 13.5. The van der Waals surface area contributed by atoms with Gasteiger partial charge in [0.1, 0.15) is 11.1 Å². The number of amides is 2. The van der Waals surface area contributed by atoms with Crippen molar-refractivity contribution in [2.24, 2.45) is 5.92 Å². The van der Waals surface area contributed by atoms with Crippen molar-refractivity contribution < 1.29 is 14.0 Å². The van der Waals surface area contributed by atoms with E-state index >= 15 is 0 Å². The molecule has 32 heavy (non-hydrogen) atoms. The fraction of sp³-hybridized carbons (Fsp3) is 0.231. The molecule has 0 saturated heterocycles. The van der Waals surface area contributed by atoms with E-state index in [0.717, 1.165) is 21.7 Å². The summed E-state index contributed by atoms with van der Waals surface area (Å²) in [6.07, 6.45) is 0. The highest BCUT2D eigenvalue weighted by atomic mass is 32.2. The zero-order chi connectivity index (χ0) is 22.7. The summed E-state index contributed by atoms with van der Waals surface area (Å²) in [5.74, 6) is -1.11. The van der Waals surface area contributed by atoms with Crippen LogP contribution in [0.15, 0.2) is 77.7 Å². The Hall–Kier alpha value is -3.12. The number of aryl methyl sites for hydroxylation is 1. The molecule has 1 aliphatic rings. The number of anilines is 1. The maximum Gasteiger partial charge on any atom is 0.241 e. The van der Waals surface area contributed by atoms with Crippen LogP contribution in [0.3, 0.4) is 0 Å². The number of carbonyl (C=O) groups is 2. The molecule has 4 rings (SSSR count). The minimum Gasteiger partial charge on any atom is -0.352 e. The van der Waals surface area contributed by atoms with Crippen molar-refractivity contribution in [3.05, 3.63) is 95.3 Å². The number of nitrogens with one attached hydrogen (secondary N) is 1. The van der Waals surface area contributed by atoms with Crippen LogP contribution in [0.5, 0.6) is 0 Å². The molecule has 1 heterocycles. The van der Waals surface area contributed by atoms with Gasteiger partial charge in [0.2, 0.25) is 11.8 Å². The number of para-hydroxylation sites is 1. The molecule has 0 spiro atoms. The molecule has 0 saturated carbocycles. The summed E-state index contributed by atoms with van der Waals surface area (Å²) in [5, 5.41) is 2.36. The summed E-state index contributed by atoms with van der Waals surface area (Å²) in [6, 6.07) is 21.9. The van der Waals surface area contributed by atoms with Crippen LogP contribution < -0.4 is 10.2 Å². The SMILES string of the molecule is Cc1ccc(CN2C(=O)[C@H]([C@H](C)C(=O)NCc3ccc(F)cc3)Sc3ccccc32)cc1. The summed E-state index contributed by atoms with van der Waals surface area (Å²) in [7, 11) is 0. The van der Waals surface area contributed by atoms with Gasteiger partial charge in [-0.1, -0.05) is 61.0 Å². The Morgan fingerprint density at radius 1 is 1.03 bits per heavy atom. The zero-order valence-corrected chi connectivity index (χ0v) is 18.9. The molecule has 2 amide bonds. The summed E-state index contributed by atoms with van der Waals surface area (Å²) >= 11 is 1.44. The third kappa shape index (κ3) is 4.86. The first-order valence-electron chi connectivity index (χ1n) is 10.6. The summed E-state index contributed by atoms with van der Waals surface area (Å²) in [6.45, 7) is 4.56. The van der Waals surface area contributed by atoms with Gasteiger partial charge in [-0.15, -0.1) is 11.8 Å². The molecule has 6 heteroatoms. The van der Waals surface area contributed by atoms with Gasteiger partial charge in [-0.25, -0.2) is 4.39 Å². The minimum absolute atomic E-state index is 0.0706. The molecule has 2 atom stereocenters. The molecule has 1 aliphatic heterocycles. The second kappa shape index (κ2) is 9.57. The molecule has 0 radical (unpaired) electrons. The first kappa shape index (κ1) is 22.1. The molecule has 164 valence electrons. The van der Waals surface area contributed by atoms with Gasteiger partial charge in [0.05, 0.1) is 18.2 Å². The van der Waals surface area contributed by atoms with E-state index in [9.17, 15) is 14.0 Å². The number of rotatable bonds is 6. The number of fused-ring (bicyclic) bond motifs is 1. The molecule has 3 aromatic carbocycles. The largest absolute Gasteiger partial charge is 0.352 e. The van der Waals surface area contributed by atoms with E-state index in [2.05, 4.69) is 5.32 Å². The third-order valence-electron chi connectivity index (χ3n) is 5.63. The lowest BCUT2D eigenvalue weighted by Gasteiger charge is -2.35. The van der Waals surface area contributed by atoms with Gasteiger partial charge in [0.25, 0.3) is 0 Å². The van der Waals surface area contributed by atoms with Crippen LogP contribution in [-0.2, 0) is 22.7 Å². The van der Waals surface area contributed by atoms with Crippen LogP contribution in [0, 0.1) is 18.7 Å². The number of benzene rings is 3. The standard InChI is InChI=1S/C26H25FN2O2S/c1-17-7-9-20(10-8-17)16-29-22-5-3-4-6-23(22)32-24(26(29)31)18(2)25(30)28-15-19-11-13-21(27)14-12-19/h3-14,18,24H,15-16H2,1-2H3,(H,28,30)/t18-,24-/m0/s1. The lowest BCUT2D eigenvalue weighted by Crippen LogP contribution is -2.47. The highest BCUT2D eigenvalue weighted by molar-refractivity contribution is 8.01. The predicted octanol–water partition coefficient (Wildman–Crippen LogP) is 5.09. The highest BCUT2D eigenvalue weighted by Crippen LogP contribution is 2.42. The number of hydrogen-bond acceptors (Lipinski definition) is 3. The van der Waals surface area contributed by atoms with E-state index < -0.39 is 11.2 Å². The number of carbonyl (C=O) groups excluding carboxylic acids is 2. The van der Waals surface area contributed by atoms with E-state index in [1.165, 1.54) is 29.5 Å². The minimum atomic E-state index is -0.526. The molecule has 0 aliphatic carbocycles. The number of halogens is 1. The van der Waals surface area contributed by atoms with Crippen LogP contribution in [-0.4, -0.2) is 17.1 Å². The van der Waals surface area contributed by atoms with E-state index in [0.29, 0.717) is 13.1 Å². The summed E-state index contributed by atoms with van der Waals surface area (Å²) in [5.41, 5.74) is 3.89. The lowest BCUT2D eigenvalue weighted by molar-refractivity contribution is -0.128. The van der Waals surface area contributed by atoms with Crippen LogP contribution in [0.1, 0.15) is 23.6 Å². The Labute approximate surface area is 191 Å². The Morgan fingerprint density at radius 2 is 1.69 bits per heavy atom. The molecule has 0 unspecified atom stereocenters. The molecule has 4 nitrogen and oxygen atoms in total. The van der Waals surface area contributed by atoms with E-state index in [4.69, 9.17) is 0 Å². The topological polar surface area (TPSA) is 49.4 Å². The van der Waals surface area contributed by atoms with Gasteiger partial charge >= 0.3 is 0 Å². The van der Waals surface area contributed by atoms with Crippen molar-refractivity contribution in [2.75, 3.05) is 4.90 Å². The first-order valence-corrected chi connectivity index (χ1v) is 11.4. The predicted molar refractivity (Wildman–Crippen MR) is 126 cm³/mol. The van der Waals surface area contributed by atoms with Crippen molar-refractivity contribution in [1.82, 2.24) is 5.32 Å². The average molecular weight is 449 g/mol. The normalized spacial score (nSPS) is 16.4. The molecule has 1 N–H and O–H groups in total. The van der Waals surface area contributed by atoms with Gasteiger partial charge in [0, 0.05) is 11.4 Å². The highest BCUT2D eigenvalue weighted by Gasteiger charge is 2.39. The molecular formula is C26H25FN2O2S. The van der Waals surface area contributed by atoms with Crippen molar-refractivity contribution >= 4 is 29.3 Å².